The maximum atomic E-state index is 8.88. The number of hydrogen-bond acceptors (Lipinski definition) is 1. The van der Waals surface area contributed by atoms with Crippen LogP contribution in [0.4, 0.5) is 0 Å². The normalized spacial score (nSPS) is 5.36. The van der Waals surface area contributed by atoms with Gasteiger partial charge < -0.3 is 31.1 Å². The summed E-state index contributed by atoms with van der Waals surface area (Å²) in [5.41, 5.74) is 0. The van der Waals surface area contributed by atoms with Gasteiger partial charge in [-0.25, -0.2) is 4.57 Å². The fourth-order valence-electron chi connectivity index (χ4n) is 0. The Labute approximate surface area is 84.6 Å². The van der Waals surface area contributed by atoms with Gasteiger partial charge in [0.15, 0.2) is 0 Å². The van der Waals surface area contributed by atoms with Gasteiger partial charge in [-0.2, -0.15) is 0 Å². The first-order chi connectivity index (χ1) is 2.00. The van der Waals surface area contributed by atoms with Crippen LogP contribution < -0.4 is 6.15 Å². The Bertz CT molecular complexity index is 62.6. The van der Waals surface area contributed by atoms with Gasteiger partial charge in [-0.3, -0.25) is 0 Å². The fraction of sp³-hybridized carbons (Fsp3) is 0. The van der Waals surface area contributed by atoms with Gasteiger partial charge in [0.05, 0.1) is 0 Å². The Morgan fingerprint density at radius 1 is 0.818 bits per heavy atom. The first-order valence-corrected chi connectivity index (χ1v) is 2.35. The molecule has 0 spiro atoms. The Hall–Kier alpha value is 1.01. The van der Waals surface area contributed by atoms with Crippen LogP contribution in [0.5, 0.6) is 0 Å². The molecule has 0 saturated carbocycles. The van der Waals surface area contributed by atoms with Crippen molar-refractivity contribution >= 4 is 42.5 Å². The fourth-order valence-corrected chi connectivity index (χ4v) is 0. The molecule has 3 N–H and O–H groups in total. The molecule has 11 heteroatoms. The minimum absolute atomic E-state index is 0. The van der Waals surface area contributed by atoms with Gasteiger partial charge in [-0.15, -0.1) is 0 Å². The van der Waals surface area contributed by atoms with Crippen molar-refractivity contribution in [3.05, 3.63) is 0 Å². The number of phosphoric acid groups is 1. The average molecular weight is 214 g/mol. The quantitative estimate of drug-likeness (QED) is 0.295. The molecule has 0 heterocycles. The molecule has 0 rings (SSSR count). The van der Waals surface area contributed by atoms with E-state index in [0.717, 1.165) is 0 Å². The van der Waals surface area contributed by atoms with Crippen molar-refractivity contribution < 1.29 is 35.7 Å². The third-order valence-corrected chi connectivity index (χ3v) is 0. The monoisotopic (exact) mass is 214 g/mol. The predicted octanol–water partition coefficient (Wildman–Crippen LogP) is -2.53. The van der Waals surface area contributed by atoms with E-state index in [1.54, 1.807) is 0 Å². The van der Waals surface area contributed by atoms with E-state index in [9.17, 15) is 0 Å². The van der Waals surface area contributed by atoms with Crippen LogP contribution in [-0.4, -0.2) is 49.4 Å². The number of hydrogen-bond donors (Lipinski definition) is 3. The zero-order chi connectivity index (χ0) is 4.50. The second-order valence-electron chi connectivity index (χ2n) is 0.513. The van der Waals surface area contributed by atoms with E-state index in [2.05, 4.69) is 0 Å². The molecule has 0 aromatic heterocycles. The summed E-state index contributed by atoms with van der Waals surface area (Å²) in [6, 6.07) is 0. The molecule has 0 atom stereocenters. The van der Waals surface area contributed by atoms with Gasteiger partial charge in [0.2, 0.25) is 0 Å². The summed E-state index contributed by atoms with van der Waals surface area (Å²) in [5.74, 6) is 0. The molecule has 0 aliphatic carbocycles. The molecule has 0 bridgehead atoms. The third kappa shape index (κ3) is 869. The van der Waals surface area contributed by atoms with Crippen LogP contribution in [0.15, 0.2) is 0 Å². The predicted molar refractivity (Wildman–Crippen MR) is 30.0 cm³/mol. The Morgan fingerprint density at radius 2 is 0.818 bits per heavy atom. The summed E-state index contributed by atoms with van der Waals surface area (Å²) in [6.45, 7) is 0. The molecular weight excluding hydrogens is 211 g/mol. The van der Waals surface area contributed by atoms with Crippen LogP contribution in [0, 0.1) is 0 Å². The van der Waals surface area contributed by atoms with E-state index in [-0.39, 0.29) is 57.3 Å². The number of rotatable bonds is 0. The van der Waals surface area contributed by atoms with Crippen molar-refractivity contribution in [1.29, 1.82) is 0 Å². The minimum atomic E-state index is -4.64. The zero-order valence-corrected chi connectivity index (χ0v) is 8.23. The zero-order valence-electron chi connectivity index (χ0n) is 5.02. The summed E-state index contributed by atoms with van der Waals surface area (Å²) in [6.07, 6.45) is 0. The average Bonchev–Trinajstić information content (AvgIpc) is 0.722. The molecule has 0 aliphatic rings. The topological polar surface area (TPSA) is 194 Å². The van der Waals surface area contributed by atoms with E-state index in [4.69, 9.17) is 19.2 Å². The van der Waals surface area contributed by atoms with Crippen molar-refractivity contribution in [2.75, 3.05) is 0 Å². The Balaban J connectivity index is -0.00000000533. The maximum absolute atomic E-state index is 8.88. The smallest absolute Gasteiger partial charge is 2.00 e. The molecule has 11 heavy (non-hydrogen) atoms. The minimum Gasteiger partial charge on any atom is -2.00 e. The van der Waals surface area contributed by atoms with Crippen LogP contribution in [0.3, 0.4) is 0 Å². The molecule has 0 amide bonds. The van der Waals surface area contributed by atoms with E-state index in [1.807, 2.05) is 0 Å². The standard InChI is InChI=1S/2Al.N.H3O4P.3O/c;;;1-5(2,3)4;;;/h;;;(H3,1,2,3,4);;;/q2*+3;;;3*-2. The van der Waals surface area contributed by atoms with E-state index in [0.29, 0.717) is 0 Å². The molecule has 0 aromatic rings. The van der Waals surface area contributed by atoms with Crippen LogP contribution in [0.25, 0.3) is 0 Å². The van der Waals surface area contributed by atoms with Gasteiger partial charge in [0.25, 0.3) is 0 Å². The summed E-state index contributed by atoms with van der Waals surface area (Å²) in [7, 11) is -4.64. The van der Waals surface area contributed by atoms with Gasteiger partial charge in [-0.1, -0.05) is 0 Å². The molecule has 8 nitrogen and oxygen atoms in total. The number of nitrogens with zero attached hydrogens (tertiary/aromatic N) is 1. The molecule has 0 fully saturated rings. The molecular formula is H3Al2NO7P. The van der Waals surface area contributed by atoms with Crippen molar-refractivity contribution in [3.63, 3.8) is 0 Å². The second kappa shape index (κ2) is 22.5. The van der Waals surface area contributed by atoms with E-state index >= 15 is 0 Å². The Morgan fingerprint density at radius 3 is 0.818 bits per heavy atom. The molecule has 61 valence electrons. The van der Waals surface area contributed by atoms with Crippen LogP contribution in [0.1, 0.15) is 0 Å². The summed E-state index contributed by atoms with van der Waals surface area (Å²) in [5, 5.41) is 0. The van der Waals surface area contributed by atoms with Crippen molar-refractivity contribution in [2.45, 2.75) is 0 Å². The molecule has 0 aromatic carbocycles. The van der Waals surface area contributed by atoms with Crippen LogP contribution >= 0.6 is 7.82 Å². The van der Waals surface area contributed by atoms with E-state index < -0.39 is 7.82 Å². The third-order valence-electron chi connectivity index (χ3n) is 0. The van der Waals surface area contributed by atoms with Gasteiger partial charge in [-0.05, 0) is 0 Å². The van der Waals surface area contributed by atoms with Crippen molar-refractivity contribution in [2.24, 2.45) is 0 Å². The van der Waals surface area contributed by atoms with Gasteiger partial charge >= 0.3 is 42.5 Å². The van der Waals surface area contributed by atoms with E-state index in [1.165, 1.54) is 0 Å². The molecule has 0 aliphatic heterocycles. The van der Waals surface area contributed by atoms with Crippen molar-refractivity contribution in [1.82, 2.24) is 6.15 Å². The first kappa shape index (κ1) is 58.0. The van der Waals surface area contributed by atoms with Gasteiger partial charge in [0.1, 0.15) is 0 Å². The largest absolute Gasteiger partial charge is 3.00 e. The molecule has 0 unspecified atom stereocenters. The molecule has 0 saturated heterocycles. The molecule has 3 radical (unpaired) electrons. The van der Waals surface area contributed by atoms with Crippen molar-refractivity contribution in [3.8, 4) is 0 Å². The van der Waals surface area contributed by atoms with Crippen LogP contribution in [0.2, 0.25) is 0 Å². The second-order valence-corrected chi connectivity index (χ2v) is 1.54. The van der Waals surface area contributed by atoms with Gasteiger partial charge in [0, 0.05) is 6.15 Å². The van der Waals surface area contributed by atoms with Crippen LogP contribution in [-0.2, 0) is 21.0 Å². The Kier molecular flexibility index (Phi) is 118. The SMILES string of the molecule is O=P(O)(O)O.[Al+3].[Al+3].[N].[O-2].[O-2].[O-2]. The summed E-state index contributed by atoms with van der Waals surface area (Å²) >= 11 is 0. The summed E-state index contributed by atoms with van der Waals surface area (Å²) < 4.78 is 8.88. The maximum Gasteiger partial charge on any atom is 3.00 e. The summed E-state index contributed by atoms with van der Waals surface area (Å²) in [4.78, 5) is 21.6. The first-order valence-electron chi connectivity index (χ1n) is 0.783.